The fourth-order valence-electron chi connectivity index (χ4n) is 2.97. The summed E-state index contributed by atoms with van der Waals surface area (Å²) in [6.07, 6.45) is 9.75. The van der Waals surface area contributed by atoms with Gasteiger partial charge in [0, 0.05) is 12.5 Å². The molecule has 1 aliphatic carbocycles. The van der Waals surface area contributed by atoms with Gasteiger partial charge in [-0.3, -0.25) is 0 Å². The number of anilines is 2. The summed E-state index contributed by atoms with van der Waals surface area (Å²) < 4.78 is 5.62. The zero-order chi connectivity index (χ0) is 15.8. The molecule has 1 heterocycles. The van der Waals surface area contributed by atoms with Gasteiger partial charge in [0.25, 0.3) is 0 Å². The van der Waals surface area contributed by atoms with E-state index < -0.39 is 0 Å². The van der Waals surface area contributed by atoms with Gasteiger partial charge in [0.15, 0.2) is 5.82 Å². The number of hydrogen-bond donors (Lipinski definition) is 2. The van der Waals surface area contributed by atoms with Crippen molar-refractivity contribution in [3.05, 3.63) is 5.82 Å². The molecule has 5 nitrogen and oxygen atoms in total. The largest absolute Gasteiger partial charge is 0.476 e. The maximum Gasteiger partial charge on any atom is 0.242 e. The summed E-state index contributed by atoms with van der Waals surface area (Å²) in [4.78, 5) is 9.30. The topological polar surface area (TPSA) is 73.1 Å². The molecule has 0 bridgehead atoms. The average molecular weight is 306 g/mol. The molecule has 1 aromatic heterocycles. The smallest absolute Gasteiger partial charge is 0.242 e. The van der Waals surface area contributed by atoms with Crippen LogP contribution in [0.25, 0.3) is 0 Å². The van der Waals surface area contributed by atoms with E-state index in [4.69, 9.17) is 15.5 Å². The number of nitrogens with one attached hydrogen (secondary N) is 1. The first-order valence-corrected chi connectivity index (χ1v) is 8.80. The van der Waals surface area contributed by atoms with Crippen molar-refractivity contribution in [2.24, 2.45) is 0 Å². The van der Waals surface area contributed by atoms with Gasteiger partial charge in [0.1, 0.15) is 11.5 Å². The number of nitrogen functional groups attached to an aromatic ring is 1. The number of nitrogens with two attached hydrogens (primary N) is 1. The second-order valence-corrected chi connectivity index (χ2v) is 6.05. The van der Waals surface area contributed by atoms with Gasteiger partial charge in [-0.1, -0.05) is 39.0 Å². The zero-order valence-corrected chi connectivity index (χ0v) is 14.0. The standard InChI is InChI=1S/C17H30N4O/c1-3-5-9-12-19-16-14(18)17(22-4-2)21-15(20-16)13-10-7-6-8-11-13/h13H,3-12,18H2,1-2H3,(H,19,20,21). The molecule has 1 saturated carbocycles. The summed E-state index contributed by atoms with van der Waals surface area (Å²) in [5.41, 5.74) is 6.71. The molecule has 1 fully saturated rings. The highest BCUT2D eigenvalue weighted by Crippen LogP contribution is 2.34. The molecular weight excluding hydrogens is 276 g/mol. The number of ether oxygens (including phenoxy) is 1. The molecule has 2 rings (SSSR count). The number of nitrogens with zero attached hydrogens (tertiary/aromatic N) is 2. The van der Waals surface area contributed by atoms with Crippen molar-refractivity contribution in [1.82, 2.24) is 9.97 Å². The van der Waals surface area contributed by atoms with E-state index >= 15 is 0 Å². The van der Waals surface area contributed by atoms with Gasteiger partial charge in [0.2, 0.25) is 5.88 Å². The van der Waals surface area contributed by atoms with Crippen LogP contribution in [0.1, 0.15) is 77.0 Å². The third-order valence-electron chi connectivity index (χ3n) is 4.25. The number of unbranched alkanes of at least 4 members (excludes halogenated alkanes) is 2. The Hall–Kier alpha value is -1.52. The summed E-state index contributed by atoms with van der Waals surface area (Å²) >= 11 is 0. The Morgan fingerprint density at radius 3 is 2.59 bits per heavy atom. The Balaban J connectivity index is 2.16. The van der Waals surface area contributed by atoms with E-state index in [9.17, 15) is 0 Å². The van der Waals surface area contributed by atoms with E-state index in [1.165, 1.54) is 44.9 Å². The molecule has 0 aliphatic heterocycles. The van der Waals surface area contributed by atoms with Gasteiger partial charge in [-0.15, -0.1) is 0 Å². The lowest BCUT2D eigenvalue weighted by molar-refractivity contribution is 0.324. The molecule has 22 heavy (non-hydrogen) atoms. The molecule has 3 N–H and O–H groups in total. The zero-order valence-electron chi connectivity index (χ0n) is 14.0. The van der Waals surface area contributed by atoms with E-state index in [0.29, 0.717) is 24.1 Å². The van der Waals surface area contributed by atoms with Gasteiger partial charge >= 0.3 is 0 Å². The SMILES string of the molecule is CCCCCNc1nc(C2CCCCC2)nc(OCC)c1N. The lowest BCUT2D eigenvalue weighted by Gasteiger charge is -2.22. The molecular formula is C17H30N4O. The van der Waals surface area contributed by atoms with Gasteiger partial charge in [0.05, 0.1) is 6.61 Å². The van der Waals surface area contributed by atoms with Crippen molar-refractivity contribution < 1.29 is 4.74 Å². The van der Waals surface area contributed by atoms with Gasteiger partial charge in [-0.25, -0.2) is 4.98 Å². The molecule has 0 spiro atoms. The quantitative estimate of drug-likeness (QED) is 0.707. The van der Waals surface area contributed by atoms with E-state index in [1.807, 2.05) is 6.92 Å². The lowest BCUT2D eigenvalue weighted by Crippen LogP contribution is -2.15. The second-order valence-electron chi connectivity index (χ2n) is 6.05. The van der Waals surface area contributed by atoms with E-state index in [0.717, 1.165) is 24.6 Å². The Morgan fingerprint density at radius 1 is 1.14 bits per heavy atom. The number of hydrogen-bond acceptors (Lipinski definition) is 5. The van der Waals surface area contributed by atoms with Crippen LogP contribution in [-0.2, 0) is 0 Å². The number of aromatic nitrogens is 2. The highest BCUT2D eigenvalue weighted by atomic mass is 16.5. The van der Waals surface area contributed by atoms with E-state index in [-0.39, 0.29) is 0 Å². The molecule has 0 aromatic carbocycles. The molecule has 0 atom stereocenters. The van der Waals surface area contributed by atoms with Crippen LogP contribution in [0.5, 0.6) is 5.88 Å². The highest BCUT2D eigenvalue weighted by molar-refractivity contribution is 5.67. The minimum atomic E-state index is 0.449. The Kier molecular flexibility index (Phi) is 6.74. The van der Waals surface area contributed by atoms with Crippen LogP contribution in [-0.4, -0.2) is 23.1 Å². The van der Waals surface area contributed by atoms with Gasteiger partial charge < -0.3 is 15.8 Å². The minimum absolute atomic E-state index is 0.449. The van der Waals surface area contributed by atoms with Crippen molar-refractivity contribution in [2.45, 2.75) is 71.1 Å². The fourth-order valence-corrected chi connectivity index (χ4v) is 2.97. The molecule has 0 saturated heterocycles. The van der Waals surface area contributed by atoms with Crippen LogP contribution in [0.3, 0.4) is 0 Å². The minimum Gasteiger partial charge on any atom is -0.476 e. The first kappa shape index (κ1) is 16.8. The van der Waals surface area contributed by atoms with Crippen LogP contribution in [0.4, 0.5) is 11.5 Å². The maximum absolute atomic E-state index is 6.17. The van der Waals surface area contributed by atoms with Crippen molar-refractivity contribution in [1.29, 1.82) is 0 Å². The van der Waals surface area contributed by atoms with E-state index in [2.05, 4.69) is 17.2 Å². The molecule has 124 valence electrons. The van der Waals surface area contributed by atoms with Crippen molar-refractivity contribution in [3.63, 3.8) is 0 Å². The van der Waals surface area contributed by atoms with Crippen LogP contribution < -0.4 is 15.8 Å². The third-order valence-corrected chi connectivity index (χ3v) is 4.25. The first-order chi connectivity index (χ1) is 10.8. The summed E-state index contributed by atoms with van der Waals surface area (Å²) in [5, 5.41) is 3.37. The highest BCUT2D eigenvalue weighted by Gasteiger charge is 2.21. The summed E-state index contributed by atoms with van der Waals surface area (Å²) in [5.74, 6) is 2.63. The van der Waals surface area contributed by atoms with Crippen LogP contribution in [0.15, 0.2) is 0 Å². The molecule has 1 aromatic rings. The van der Waals surface area contributed by atoms with Crippen molar-refractivity contribution in [2.75, 3.05) is 24.2 Å². The summed E-state index contributed by atoms with van der Waals surface area (Å²) in [7, 11) is 0. The lowest BCUT2D eigenvalue weighted by atomic mass is 9.88. The summed E-state index contributed by atoms with van der Waals surface area (Å²) in [6, 6.07) is 0. The monoisotopic (exact) mass is 306 g/mol. The molecule has 5 heteroatoms. The molecule has 0 radical (unpaired) electrons. The predicted molar refractivity (Wildman–Crippen MR) is 91.5 cm³/mol. The number of rotatable bonds is 8. The Bertz CT molecular complexity index is 458. The fraction of sp³-hybridized carbons (Fsp3) is 0.765. The van der Waals surface area contributed by atoms with E-state index in [1.54, 1.807) is 0 Å². The maximum atomic E-state index is 6.17. The first-order valence-electron chi connectivity index (χ1n) is 8.80. The van der Waals surface area contributed by atoms with Crippen LogP contribution in [0, 0.1) is 0 Å². The van der Waals surface area contributed by atoms with Crippen LogP contribution in [0.2, 0.25) is 0 Å². The average Bonchev–Trinajstić information content (AvgIpc) is 2.55. The Morgan fingerprint density at radius 2 is 1.91 bits per heavy atom. The van der Waals surface area contributed by atoms with Gasteiger partial charge in [-0.05, 0) is 26.2 Å². The third kappa shape index (κ3) is 4.49. The molecule has 1 aliphatic rings. The van der Waals surface area contributed by atoms with Gasteiger partial charge in [-0.2, -0.15) is 4.98 Å². The Labute approximate surface area is 134 Å². The predicted octanol–water partition coefficient (Wildman–Crippen LogP) is 4.11. The molecule has 0 amide bonds. The summed E-state index contributed by atoms with van der Waals surface area (Å²) in [6.45, 7) is 5.62. The normalized spacial score (nSPS) is 15.7. The second kappa shape index (κ2) is 8.81. The van der Waals surface area contributed by atoms with Crippen molar-refractivity contribution in [3.8, 4) is 5.88 Å². The van der Waals surface area contributed by atoms with Crippen LogP contribution >= 0.6 is 0 Å². The van der Waals surface area contributed by atoms with Crippen molar-refractivity contribution >= 4 is 11.5 Å². The molecule has 0 unspecified atom stereocenters.